The van der Waals surface area contributed by atoms with Crippen molar-refractivity contribution in [3.05, 3.63) is 67.6 Å². The molecule has 2 aliphatic rings. The van der Waals surface area contributed by atoms with Crippen LogP contribution in [0.25, 0.3) is 0 Å². The summed E-state index contributed by atoms with van der Waals surface area (Å²) in [5, 5.41) is 0. The molecule has 0 aromatic heterocycles. The lowest BCUT2D eigenvalue weighted by Gasteiger charge is -2.31. The number of halogens is 2. The van der Waals surface area contributed by atoms with Gasteiger partial charge in [-0.25, -0.2) is 0 Å². The van der Waals surface area contributed by atoms with Crippen LogP contribution in [0.15, 0.2) is 45.3 Å². The molecule has 4 rings (SSSR count). The van der Waals surface area contributed by atoms with E-state index in [2.05, 4.69) is 96.0 Å². The van der Waals surface area contributed by atoms with E-state index in [9.17, 15) is 0 Å². The maximum atomic E-state index is 3.88. The van der Waals surface area contributed by atoms with E-state index in [0.717, 1.165) is 0 Å². The van der Waals surface area contributed by atoms with Gasteiger partial charge >= 0.3 is 0 Å². The first-order chi connectivity index (χ1) is 10.7. The van der Waals surface area contributed by atoms with Gasteiger partial charge in [0, 0.05) is 14.4 Å². The van der Waals surface area contributed by atoms with Crippen LogP contribution in [0, 0.1) is 0 Å². The van der Waals surface area contributed by atoms with E-state index < -0.39 is 0 Å². The summed E-state index contributed by atoms with van der Waals surface area (Å²) in [5.41, 5.74) is 6.56. The largest absolute Gasteiger partial charge is 0.0608 e. The highest BCUT2D eigenvalue weighted by atomic mass is 79.9. The zero-order valence-corrected chi connectivity index (χ0v) is 17.3. The SMILES string of the molecule is CC1(C)CC2(CC(C)(C)c3cccc(Br)c32)c2c(Br)cccc21. The lowest BCUT2D eigenvalue weighted by Crippen LogP contribution is -2.27. The molecule has 0 heterocycles. The summed E-state index contributed by atoms with van der Waals surface area (Å²) in [7, 11) is 0. The fourth-order valence-electron chi connectivity index (χ4n) is 5.39. The number of benzene rings is 2. The summed E-state index contributed by atoms with van der Waals surface area (Å²) in [4.78, 5) is 0. The average Bonchev–Trinajstić information content (AvgIpc) is 2.80. The van der Waals surface area contributed by atoms with Crippen LogP contribution < -0.4 is 0 Å². The Morgan fingerprint density at radius 1 is 0.696 bits per heavy atom. The molecule has 0 bridgehead atoms. The number of rotatable bonds is 0. The van der Waals surface area contributed by atoms with Crippen LogP contribution in [-0.4, -0.2) is 0 Å². The van der Waals surface area contributed by atoms with Gasteiger partial charge in [-0.1, -0.05) is 83.8 Å². The van der Waals surface area contributed by atoms with Gasteiger partial charge in [0.2, 0.25) is 0 Å². The molecular formula is C21H22Br2. The predicted molar refractivity (Wildman–Crippen MR) is 104 cm³/mol. The quantitative estimate of drug-likeness (QED) is 0.425. The Kier molecular flexibility index (Phi) is 3.27. The summed E-state index contributed by atoms with van der Waals surface area (Å²) in [6.45, 7) is 9.59. The molecule has 0 fully saturated rings. The van der Waals surface area contributed by atoms with E-state index in [1.54, 1.807) is 0 Å². The third-order valence-corrected chi connectivity index (χ3v) is 7.25. The Hall–Kier alpha value is -0.600. The van der Waals surface area contributed by atoms with Crippen LogP contribution in [0.4, 0.5) is 0 Å². The second-order valence-corrected chi connectivity index (χ2v) is 10.2. The smallest absolute Gasteiger partial charge is 0.0247 e. The Balaban J connectivity index is 2.11. The third kappa shape index (κ3) is 2.00. The second-order valence-electron chi connectivity index (χ2n) is 8.53. The van der Waals surface area contributed by atoms with Crippen molar-refractivity contribution in [2.75, 3.05) is 0 Å². The van der Waals surface area contributed by atoms with Crippen molar-refractivity contribution >= 4 is 31.9 Å². The van der Waals surface area contributed by atoms with Crippen LogP contribution in [0.3, 0.4) is 0 Å². The molecule has 0 saturated carbocycles. The normalized spacial score (nSPS) is 22.2. The molecule has 2 aromatic rings. The summed E-state index contributed by atoms with van der Waals surface area (Å²) >= 11 is 7.77. The van der Waals surface area contributed by atoms with Gasteiger partial charge in [-0.15, -0.1) is 0 Å². The first kappa shape index (κ1) is 15.9. The Morgan fingerprint density at radius 3 is 1.48 bits per heavy atom. The molecule has 23 heavy (non-hydrogen) atoms. The fourth-order valence-corrected chi connectivity index (χ4v) is 6.88. The third-order valence-electron chi connectivity index (χ3n) is 5.93. The molecule has 0 radical (unpaired) electrons. The van der Waals surface area contributed by atoms with E-state index in [-0.39, 0.29) is 16.2 Å². The number of fused-ring (bicyclic) bond motifs is 4. The van der Waals surface area contributed by atoms with E-state index in [1.165, 1.54) is 44.0 Å². The van der Waals surface area contributed by atoms with Gasteiger partial charge in [-0.2, -0.15) is 0 Å². The summed E-state index contributed by atoms with van der Waals surface area (Å²) in [6, 6.07) is 13.5. The van der Waals surface area contributed by atoms with Gasteiger partial charge < -0.3 is 0 Å². The lowest BCUT2D eigenvalue weighted by atomic mass is 9.72. The Labute approximate surface area is 155 Å². The first-order valence-corrected chi connectivity index (χ1v) is 9.87. The molecule has 2 aliphatic carbocycles. The van der Waals surface area contributed by atoms with Gasteiger partial charge in [0.05, 0.1) is 0 Å². The minimum Gasteiger partial charge on any atom is -0.0608 e. The van der Waals surface area contributed by atoms with Crippen LogP contribution in [0.2, 0.25) is 0 Å². The maximum Gasteiger partial charge on any atom is 0.0247 e. The number of hydrogen-bond acceptors (Lipinski definition) is 0. The van der Waals surface area contributed by atoms with E-state index >= 15 is 0 Å². The minimum absolute atomic E-state index is 0.109. The standard InChI is InChI=1S/C21H22Br2/c1-19(2)11-21(17-13(19)7-5-9-15(17)22)12-20(3,4)14-8-6-10-16(23)18(14)21/h5-10H,11-12H2,1-4H3. The van der Waals surface area contributed by atoms with Crippen molar-refractivity contribution in [3.63, 3.8) is 0 Å². The molecule has 0 aliphatic heterocycles. The zero-order chi connectivity index (χ0) is 16.6. The predicted octanol–water partition coefficient (Wildman–Crippen LogP) is 6.86. The van der Waals surface area contributed by atoms with Crippen LogP contribution in [0.5, 0.6) is 0 Å². The second kappa shape index (κ2) is 4.73. The zero-order valence-electron chi connectivity index (χ0n) is 14.1. The van der Waals surface area contributed by atoms with E-state index in [4.69, 9.17) is 0 Å². The summed E-state index contributed by atoms with van der Waals surface area (Å²) < 4.78 is 2.53. The molecule has 120 valence electrons. The van der Waals surface area contributed by atoms with Gasteiger partial charge in [0.25, 0.3) is 0 Å². The lowest BCUT2D eigenvalue weighted by molar-refractivity contribution is 0.348. The van der Waals surface area contributed by atoms with Crippen molar-refractivity contribution in [1.29, 1.82) is 0 Å². The molecule has 2 heteroatoms. The molecule has 1 spiro atoms. The molecular weight excluding hydrogens is 412 g/mol. The topological polar surface area (TPSA) is 0 Å². The summed E-state index contributed by atoms with van der Waals surface area (Å²) in [5.74, 6) is 0. The molecule has 0 N–H and O–H groups in total. The van der Waals surface area contributed by atoms with Crippen LogP contribution in [-0.2, 0) is 16.2 Å². The van der Waals surface area contributed by atoms with Crippen molar-refractivity contribution in [2.24, 2.45) is 0 Å². The van der Waals surface area contributed by atoms with Gasteiger partial charge in [0.1, 0.15) is 0 Å². The Bertz CT molecular complexity index is 745. The van der Waals surface area contributed by atoms with Crippen molar-refractivity contribution < 1.29 is 0 Å². The van der Waals surface area contributed by atoms with Crippen molar-refractivity contribution in [3.8, 4) is 0 Å². The molecule has 0 atom stereocenters. The van der Waals surface area contributed by atoms with Crippen LogP contribution >= 0.6 is 31.9 Å². The highest BCUT2D eigenvalue weighted by Crippen LogP contribution is 2.65. The first-order valence-electron chi connectivity index (χ1n) is 8.28. The van der Waals surface area contributed by atoms with Gasteiger partial charge in [-0.05, 0) is 58.1 Å². The van der Waals surface area contributed by atoms with E-state index in [0.29, 0.717) is 0 Å². The fraction of sp³-hybridized carbons (Fsp3) is 0.429. The van der Waals surface area contributed by atoms with Gasteiger partial charge in [0.15, 0.2) is 0 Å². The van der Waals surface area contributed by atoms with Crippen LogP contribution in [0.1, 0.15) is 62.8 Å². The average molecular weight is 434 g/mol. The molecule has 2 aromatic carbocycles. The molecule has 0 saturated heterocycles. The summed E-state index contributed by atoms with van der Waals surface area (Å²) in [6.07, 6.45) is 2.36. The highest BCUT2D eigenvalue weighted by molar-refractivity contribution is 9.10. The maximum absolute atomic E-state index is 3.88. The molecule has 0 nitrogen and oxygen atoms in total. The molecule has 0 amide bonds. The molecule has 0 unspecified atom stereocenters. The van der Waals surface area contributed by atoms with E-state index in [1.807, 2.05) is 0 Å². The monoisotopic (exact) mass is 432 g/mol. The Morgan fingerprint density at radius 2 is 1.09 bits per heavy atom. The highest BCUT2D eigenvalue weighted by Gasteiger charge is 2.57. The number of hydrogen-bond donors (Lipinski definition) is 0. The van der Waals surface area contributed by atoms with Crippen molar-refractivity contribution in [2.45, 2.75) is 56.8 Å². The minimum atomic E-state index is 0.109. The van der Waals surface area contributed by atoms with Crippen molar-refractivity contribution in [1.82, 2.24) is 0 Å². The van der Waals surface area contributed by atoms with Gasteiger partial charge in [-0.3, -0.25) is 0 Å².